The topological polar surface area (TPSA) is 352 Å². The van der Waals surface area contributed by atoms with Crippen molar-refractivity contribution >= 4 is 123 Å². The summed E-state index contributed by atoms with van der Waals surface area (Å²) >= 11 is 8.86. The molecule has 590 valence electrons. The van der Waals surface area contributed by atoms with Crippen molar-refractivity contribution in [3.8, 4) is 17.2 Å². The van der Waals surface area contributed by atoms with Crippen molar-refractivity contribution in [1.29, 1.82) is 0 Å². The maximum Gasteiger partial charge on any atom is 0.407 e. The van der Waals surface area contributed by atoms with Gasteiger partial charge in [0, 0.05) is 54.8 Å². The summed E-state index contributed by atoms with van der Waals surface area (Å²) in [6, 6.07) is 62.2. The number of pyridine rings is 3. The van der Waals surface area contributed by atoms with E-state index in [9.17, 15) is 37.2 Å². The lowest BCUT2D eigenvalue weighted by Crippen LogP contribution is -2.57. The van der Waals surface area contributed by atoms with Crippen molar-refractivity contribution in [1.82, 2.24) is 40.9 Å². The average molecular weight is 1620 g/mol. The Morgan fingerprint density at radius 2 is 0.939 bits per heavy atom. The molecule has 18 rings (SSSR count). The van der Waals surface area contributed by atoms with E-state index in [1.54, 1.807) is 76.1 Å². The third kappa shape index (κ3) is 22.3. The van der Waals surface area contributed by atoms with Crippen molar-refractivity contribution in [2.45, 2.75) is 131 Å². The van der Waals surface area contributed by atoms with Crippen LogP contribution in [0.1, 0.15) is 73.6 Å². The van der Waals surface area contributed by atoms with Gasteiger partial charge in [0.05, 0.1) is 37.5 Å². The fourth-order valence-corrected chi connectivity index (χ4v) is 15.7. The number of halogens is 1. The number of benzene rings is 6. The van der Waals surface area contributed by atoms with Gasteiger partial charge in [0.2, 0.25) is 0 Å². The number of carbonyl (C=O) groups is 6. The van der Waals surface area contributed by atoms with Crippen LogP contribution >= 0.6 is 34.3 Å². The molecule has 28 nitrogen and oxygen atoms in total. The van der Waals surface area contributed by atoms with Gasteiger partial charge in [-0.3, -0.25) is 28.4 Å². The Labute approximate surface area is 669 Å². The van der Waals surface area contributed by atoms with E-state index in [1.165, 1.54) is 28.2 Å². The zero-order valence-electron chi connectivity index (χ0n) is 61.6. The number of nitrogens with one attached hydrogen (secondary N) is 5. The monoisotopic (exact) mass is 1620 g/mol. The Morgan fingerprint density at radius 1 is 0.509 bits per heavy atom. The van der Waals surface area contributed by atoms with Crippen LogP contribution in [0.4, 0.5) is 37.0 Å². The summed E-state index contributed by atoms with van der Waals surface area (Å²) < 4.78 is 63.9. The number of aromatic nitrogens is 5. The molecule has 4 saturated carbocycles. The van der Waals surface area contributed by atoms with E-state index in [1.807, 2.05) is 153 Å². The Morgan fingerprint density at radius 3 is 1.43 bits per heavy atom. The second kappa shape index (κ2) is 38.6. The minimum absolute atomic E-state index is 0.00826. The molecular weight excluding hydrogens is 1540 g/mol. The number of anilines is 4. The van der Waals surface area contributed by atoms with Crippen molar-refractivity contribution in [3.63, 3.8) is 0 Å². The van der Waals surface area contributed by atoms with E-state index in [-0.39, 0.29) is 98.6 Å². The fraction of sp³-hybridized carbons (Fsp3) is 0.280. The van der Waals surface area contributed by atoms with Gasteiger partial charge in [0.1, 0.15) is 19.8 Å². The first-order valence-electron chi connectivity index (χ1n) is 36.8. The molecule has 0 saturated heterocycles. The number of ether oxygens (including phenoxy) is 6. The van der Waals surface area contributed by atoms with Crippen molar-refractivity contribution in [2.75, 3.05) is 40.3 Å². The lowest BCUT2D eigenvalue weighted by atomic mass is 9.85. The lowest BCUT2D eigenvalue weighted by Gasteiger charge is -2.44. The maximum absolute atomic E-state index is 12.3. The van der Waals surface area contributed by atoms with Crippen LogP contribution in [0.2, 0.25) is 4.47 Å². The maximum atomic E-state index is 12.3. The molecule has 11 aromatic rings. The summed E-state index contributed by atoms with van der Waals surface area (Å²) in [7, 11) is -3.78. The molecule has 7 aliphatic rings. The van der Waals surface area contributed by atoms with Gasteiger partial charge in [0.15, 0.2) is 64.1 Å². The minimum Gasteiger partial charge on any atom is -0.480 e. The highest BCUT2D eigenvalue weighted by Gasteiger charge is 2.43. The van der Waals surface area contributed by atoms with E-state index < -0.39 is 34.5 Å². The van der Waals surface area contributed by atoms with Gasteiger partial charge >= 0.3 is 18.3 Å². The summed E-state index contributed by atoms with van der Waals surface area (Å²) in [6.07, 6.45) is 8.11. The van der Waals surface area contributed by atoms with Crippen molar-refractivity contribution in [2.24, 2.45) is 0 Å². The number of fused-ring (bicyclic) bond motifs is 5. The summed E-state index contributed by atoms with van der Waals surface area (Å²) in [6.45, 7) is 2.79. The number of aliphatic hydroxyl groups is 1. The van der Waals surface area contributed by atoms with Crippen LogP contribution < -0.4 is 50.6 Å². The average Bonchev–Trinajstić information content (AvgIpc) is 0.872. The zero-order chi connectivity index (χ0) is 79.3. The smallest absolute Gasteiger partial charge is 0.407 e. The number of hydrogen-bond acceptors (Lipinski definition) is 24. The van der Waals surface area contributed by atoms with Gasteiger partial charge in [-0.25, -0.2) is 39.3 Å². The first kappa shape index (κ1) is 80.2. The molecule has 0 spiro atoms. The van der Waals surface area contributed by atoms with Gasteiger partial charge in [-0.2, -0.15) is 8.42 Å². The normalized spacial score (nSPS) is 19.8. The molecule has 32 heteroatoms. The standard InChI is InChI=1S/C19H19N3O4.C19H21NO5S.C18H16N4O2S.C12H15NO3.C7H4ClNS.C7H6N2O2/c23-17-12-25-16-7-4-8-20-18(16)22(17)15-9-14(10-15)21-19(24)26-11-13-5-2-1-3-6-13;1-14-7-9-18(10-8-14)26(22,23)25-17-11-16(12-17)20-19(21)24-13-15-5-3-2-4-6-15;23-16-10-24-14-5-3-7-19-17(14)22(16)12-8-11(9-12)20-18-21-13-4-1-2-6-15(13)25-18;14-11-6-10(7-11)13-12(15)16-8-9-4-2-1-3-5-9;8-7-9-5-3-1-2-4-6(5)10-7;10-6-4-11-5-2-1-3-8-7(5)9-6/h1-8,14-15H,9-12H2,(H,21,24);2-10,16-17H,11-13H2,1H3,(H,20,21);1-7,11-12H,8-10H2,(H,20,21);1-5,10-11,14H,6-8H2,(H,13,15);1-4H;1-3H,4H2,(H,8,9,10). The van der Waals surface area contributed by atoms with Gasteiger partial charge in [-0.15, -0.1) is 11.3 Å². The highest BCUT2D eigenvalue weighted by Crippen LogP contribution is 2.40. The highest BCUT2D eigenvalue weighted by molar-refractivity contribution is 7.86. The van der Waals surface area contributed by atoms with Crippen LogP contribution in [0.15, 0.2) is 224 Å². The second-order valence-corrected chi connectivity index (χ2v) is 31.5. The number of alkyl carbamates (subject to hydrolysis) is 3. The van der Waals surface area contributed by atoms with Crippen LogP contribution in [0, 0.1) is 6.92 Å². The van der Waals surface area contributed by atoms with Gasteiger partial charge < -0.3 is 60.1 Å². The second-order valence-electron chi connectivity index (χ2n) is 27.2. The Balaban J connectivity index is 0.000000123. The van der Waals surface area contributed by atoms with Gasteiger partial charge in [-0.1, -0.05) is 156 Å². The van der Waals surface area contributed by atoms with E-state index in [0.29, 0.717) is 83.7 Å². The SMILES string of the molecule is Cc1ccc(S(=O)(=O)OC2CC(NC(=O)OCc3ccccc3)C2)cc1.Clc1nc2ccccc2s1.O=C(NC1CC(N2C(=O)COc3cccnc32)C1)OCc1ccccc1.O=C(NC1CC(O)C1)OCc1ccccc1.O=C1COc2cccnc2N1.O=C1COc2cccnc2N1C1CC(Nc2nc3ccccc3s2)C1. The minimum atomic E-state index is -3.78. The number of carbonyl (C=O) groups excluding carboxylic acids is 6. The number of para-hydroxylation sites is 2. The number of aliphatic hydroxyl groups excluding tert-OH is 1. The van der Waals surface area contributed by atoms with Crippen LogP contribution in [0.3, 0.4) is 0 Å². The summed E-state index contributed by atoms with van der Waals surface area (Å²) in [4.78, 5) is 95.2. The molecular formula is C82H81ClN12O16S3. The van der Waals surface area contributed by atoms with Crippen molar-refractivity contribution in [3.05, 3.63) is 246 Å². The van der Waals surface area contributed by atoms with Crippen molar-refractivity contribution < 1.29 is 74.9 Å². The zero-order valence-corrected chi connectivity index (χ0v) is 64.8. The quantitative estimate of drug-likeness (QED) is 0.0386. The molecule has 5 aromatic heterocycles. The molecule has 8 heterocycles. The Bertz CT molecular complexity index is 5150. The third-order valence-electron chi connectivity index (χ3n) is 18.8. The van der Waals surface area contributed by atoms with Gasteiger partial charge in [-0.05, 0) is 148 Å². The summed E-state index contributed by atoms with van der Waals surface area (Å²) in [5.74, 6) is 3.35. The predicted molar refractivity (Wildman–Crippen MR) is 429 cm³/mol. The number of aryl methyl sites for hydroxylation is 1. The Kier molecular flexibility index (Phi) is 27.1. The van der Waals surface area contributed by atoms with E-state index in [4.69, 9.17) is 49.3 Å². The van der Waals surface area contributed by atoms with E-state index in [2.05, 4.69) is 57.6 Å². The molecule has 0 unspecified atom stereocenters. The molecule has 0 radical (unpaired) electrons. The molecule has 0 bridgehead atoms. The van der Waals surface area contributed by atoms with Gasteiger partial charge in [0.25, 0.3) is 27.8 Å². The van der Waals surface area contributed by atoms with E-state index >= 15 is 0 Å². The van der Waals surface area contributed by atoms with Crippen LogP contribution in [0.5, 0.6) is 17.2 Å². The summed E-state index contributed by atoms with van der Waals surface area (Å²) in [5, 5.41) is 24.3. The molecule has 6 amide bonds. The number of hydrogen-bond donors (Lipinski definition) is 6. The first-order valence-corrected chi connectivity index (χ1v) is 40.2. The fourth-order valence-electron chi connectivity index (χ4n) is 12.7. The van der Waals surface area contributed by atoms with Crippen LogP contribution in [-0.2, 0) is 62.7 Å². The number of amides is 6. The summed E-state index contributed by atoms with van der Waals surface area (Å²) in [5.41, 5.74) is 5.79. The molecule has 4 fully saturated rings. The van der Waals surface area contributed by atoms with Crippen LogP contribution in [0.25, 0.3) is 20.4 Å². The third-order valence-corrected chi connectivity index (χ3v) is 22.3. The van der Waals surface area contributed by atoms with Crippen LogP contribution in [-0.4, -0.2) is 143 Å². The number of nitrogens with zero attached hydrogens (tertiary/aromatic N) is 7. The highest BCUT2D eigenvalue weighted by atomic mass is 35.5. The molecule has 114 heavy (non-hydrogen) atoms. The number of rotatable bonds is 16. The first-order chi connectivity index (χ1) is 55.4. The lowest BCUT2D eigenvalue weighted by molar-refractivity contribution is -0.123. The predicted octanol–water partition coefficient (Wildman–Crippen LogP) is 13.3. The van der Waals surface area contributed by atoms with E-state index in [0.717, 1.165) is 56.0 Å². The molecule has 0 atom stereocenters. The number of thiazole rings is 2. The molecule has 4 aliphatic carbocycles. The Hall–Kier alpha value is -11.9. The molecule has 6 aromatic carbocycles. The molecule has 3 aliphatic heterocycles. The molecule has 6 N–H and O–H groups in total. The largest absolute Gasteiger partial charge is 0.480 e.